The molecule has 7 heteroatoms. The summed E-state index contributed by atoms with van der Waals surface area (Å²) in [6, 6.07) is 15.3. The average Bonchev–Trinajstić information content (AvgIpc) is 2.78. The van der Waals surface area contributed by atoms with Gasteiger partial charge in [-0.15, -0.1) is 0 Å². The Kier molecular flexibility index (Phi) is 7.43. The predicted octanol–water partition coefficient (Wildman–Crippen LogP) is 4.53. The molecule has 0 aliphatic carbocycles. The van der Waals surface area contributed by atoms with E-state index >= 15 is 0 Å². The molecule has 1 heterocycles. The summed E-state index contributed by atoms with van der Waals surface area (Å²) in [6.07, 6.45) is 3.11. The number of carbonyl (C=O) groups excluding carboxylic acids is 1. The number of nitrogens with zero attached hydrogens (tertiary/aromatic N) is 1. The van der Waals surface area contributed by atoms with Crippen LogP contribution in [0.15, 0.2) is 59.5 Å². The summed E-state index contributed by atoms with van der Waals surface area (Å²) >= 11 is 0. The maximum absolute atomic E-state index is 13.5. The van der Waals surface area contributed by atoms with E-state index in [1.54, 1.807) is 24.3 Å². The maximum atomic E-state index is 13.5. The number of amides is 1. The summed E-state index contributed by atoms with van der Waals surface area (Å²) in [5.41, 5.74) is 0.580. The third-order valence-electron chi connectivity index (χ3n) is 6.78. The van der Waals surface area contributed by atoms with Gasteiger partial charge in [0.15, 0.2) is 0 Å². The molecule has 6 nitrogen and oxygen atoms in total. The predicted molar refractivity (Wildman–Crippen MR) is 127 cm³/mol. The second-order valence-corrected chi connectivity index (χ2v) is 11.5. The van der Waals surface area contributed by atoms with E-state index in [0.29, 0.717) is 30.8 Å². The van der Waals surface area contributed by atoms with Gasteiger partial charge in [0, 0.05) is 30.9 Å². The van der Waals surface area contributed by atoms with Crippen LogP contribution in [0.2, 0.25) is 0 Å². The largest absolute Gasteiger partial charge is 0.396 e. The third kappa shape index (κ3) is 5.57. The molecule has 2 aromatic rings. The number of anilines is 1. The highest BCUT2D eigenvalue weighted by atomic mass is 32.2. The Morgan fingerprint density at radius 2 is 1.69 bits per heavy atom. The second kappa shape index (κ2) is 9.73. The van der Waals surface area contributed by atoms with Crippen LogP contribution in [0.4, 0.5) is 5.69 Å². The lowest BCUT2D eigenvalue weighted by atomic mass is 9.68. The van der Waals surface area contributed by atoms with Gasteiger partial charge in [0.05, 0.1) is 4.90 Å². The van der Waals surface area contributed by atoms with E-state index in [4.69, 9.17) is 0 Å². The molecule has 0 bridgehead atoms. The lowest BCUT2D eigenvalue weighted by molar-refractivity contribution is 0.0452. The van der Waals surface area contributed by atoms with Crippen molar-refractivity contribution in [3.05, 3.63) is 60.2 Å². The number of para-hydroxylation sites is 1. The summed E-state index contributed by atoms with van der Waals surface area (Å²) in [4.78, 5) is 12.8. The van der Waals surface area contributed by atoms with Crippen molar-refractivity contribution in [1.29, 1.82) is 0 Å². The Morgan fingerprint density at radius 3 is 2.31 bits per heavy atom. The van der Waals surface area contributed by atoms with Crippen molar-refractivity contribution < 1.29 is 18.3 Å². The van der Waals surface area contributed by atoms with Gasteiger partial charge in [-0.05, 0) is 60.4 Å². The molecule has 0 saturated carbocycles. The van der Waals surface area contributed by atoms with Crippen LogP contribution in [0.3, 0.4) is 0 Å². The minimum atomic E-state index is -3.78. The van der Waals surface area contributed by atoms with Crippen molar-refractivity contribution in [2.75, 3.05) is 25.0 Å². The molecular formula is C25H34N2O4S. The molecule has 2 atom stereocenters. The Bertz CT molecular complexity index is 1020. The van der Waals surface area contributed by atoms with Crippen molar-refractivity contribution in [2.24, 2.45) is 10.8 Å². The molecule has 2 aromatic carbocycles. The van der Waals surface area contributed by atoms with Crippen LogP contribution in [-0.4, -0.2) is 43.4 Å². The monoisotopic (exact) mass is 458 g/mol. The van der Waals surface area contributed by atoms with Crippen LogP contribution in [0.25, 0.3) is 0 Å². The third-order valence-corrected chi connectivity index (χ3v) is 8.68. The van der Waals surface area contributed by atoms with Crippen LogP contribution in [0.1, 0.15) is 56.8 Å². The quantitative estimate of drug-likeness (QED) is 0.666. The van der Waals surface area contributed by atoms with Gasteiger partial charge in [-0.1, -0.05) is 51.5 Å². The van der Waals surface area contributed by atoms with E-state index in [1.807, 2.05) is 25.1 Å². The molecule has 0 spiro atoms. The number of aliphatic hydroxyl groups excluding tert-OH is 1. The summed E-state index contributed by atoms with van der Waals surface area (Å²) in [7, 11) is -3.78. The van der Waals surface area contributed by atoms with E-state index in [0.717, 1.165) is 19.3 Å². The molecule has 2 N–H and O–H groups in total. The zero-order valence-electron chi connectivity index (χ0n) is 19.2. The van der Waals surface area contributed by atoms with Gasteiger partial charge in [0.1, 0.15) is 0 Å². The van der Waals surface area contributed by atoms with Crippen molar-refractivity contribution in [2.45, 2.75) is 51.3 Å². The zero-order chi connectivity index (χ0) is 23.4. The van der Waals surface area contributed by atoms with Crippen LogP contribution >= 0.6 is 0 Å². The highest BCUT2D eigenvalue weighted by Gasteiger charge is 2.39. The number of benzene rings is 2. The van der Waals surface area contributed by atoms with Crippen molar-refractivity contribution in [1.82, 2.24) is 4.31 Å². The number of hydrogen-bond donors (Lipinski definition) is 2. The fourth-order valence-corrected chi connectivity index (χ4v) is 5.94. The molecule has 3 rings (SSSR count). The van der Waals surface area contributed by atoms with Gasteiger partial charge in [-0.25, -0.2) is 8.42 Å². The number of rotatable bonds is 6. The first-order chi connectivity index (χ1) is 15.1. The Balaban J connectivity index is 1.85. The molecule has 1 fully saturated rings. The van der Waals surface area contributed by atoms with Crippen LogP contribution in [0.5, 0.6) is 0 Å². The van der Waals surface area contributed by atoms with Gasteiger partial charge in [0.2, 0.25) is 10.0 Å². The number of aliphatic hydroxyl groups is 1. The van der Waals surface area contributed by atoms with E-state index in [-0.39, 0.29) is 28.2 Å². The van der Waals surface area contributed by atoms with Gasteiger partial charge in [-0.3, -0.25) is 4.79 Å². The van der Waals surface area contributed by atoms with Crippen LogP contribution in [0, 0.1) is 10.8 Å². The Morgan fingerprint density at radius 1 is 1.03 bits per heavy atom. The fraction of sp³-hybridized carbons (Fsp3) is 0.480. The van der Waals surface area contributed by atoms with E-state index in [2.05, 4.69) is 19.2 Å². The first kappa shape index (κ1) is 24.4. The van der Waals surface area contributed by atoms with Crippen molar-refractivity contribution in [3.63, 3.8) is 0 Å². The van der Waals surface area contributed by atoms with Crippen LogP contribution in [-0.2, 0) is 10.0 Å². The van der Waals surface area contributed by atoms with Gasteiger partial charge >= 0.3 is 0 Å². The lowest BCUT2D eigenvalue weighted by Crippen LogP contribution is -2.43. The lowest BCUT2D eigenvalue weighted by Gasteiger charge is -2.42. The Labute approximate surface area is 191 Å². The summed E-state index contributed by atoms with van der Waals surface area (Å²) in [6.45, 7) is 7.13. The van der Waals surface area contributed by atoms with Crippen molar-refractivity contribution >= 4 is 21.6 Å². The van der Waals surface area contributed by atoms with Crippen molar-refractivity contribution in [3.8, 4) is 0 Å². The average molecular weight is 459 g/mol. The van der Waals surface area contributed by atoms with Gasteiger partial charge in [-0.2, -0.15) is 4.31 Å². The number of carbonyl (C=O) groups is 1. The van der Waals surface area contributed by atoms with Gasteiger partial charge < -0.3 is 10.4 Å². The van der Waals surface area contributed by atoms with Gasteiger partial charge in [0.25, 0.3) is 5.91 Å². The summed E-state index contributed by atoms with van der Waals surface area (Å²) in [5, 5.41) is 12.8. The zero-order valence-corrected chi connectivity index (χ0v) is 20.0. The van der Waals surface area contributed by atoms with Crippen LogP contribution < -0.4 is 5.32 Å². The molecule has 0 radical (unpaired) electrons. The molecule has 1 aliphatic heterocycles. The number of sulfonamides is 1. The molecule has 174 valence electrons. The molecule has 2 unspecified atom stereocenters. The molecule has 1 saturated heterocycles. The molecule has 1 amide bonds. The first-order valence-electron chi connectivity index (χ1n) is 11.2. The molecule has 32 heavy (non-hydrogen) atoms. The highest BCUT2D eigenvalue weighted by Crippen LogP contribution is 2.43. The maximum Gasteiger partial charge on any atom is 0.255 e. The topological polar surface area (TPSA) is 86.7 Å². The normalized spacial score (nSPS) is 25.0. The highest BCUT2D eigenvalue weighted by molar-refractivity contribution is 7.89. The molecule has 0 aromatic heterocycles. The summed E-state index contributed by atoms with van der Waals surface area (Å²) in [5.74, 6) is -0.354. The molecular weight excluding hydrogens is 424 g/mol. The Hall–Kier alpha value is -2.22. The SMILES string of the molecule is CCC1(C)CCN(S(=O)(=O)c2cccc(C(=O)Nc3ccccc3)c2)CCC(C)(CO)C1. The van der Waals surface area contributed by atoms with E-state index < -0.39 is 10.0 Å². The summed E-state index contributed by atoms with van der Waals surface area (Å²) < 4.78 is 28.5. The van der Waals surface area contributed by atoms with E-state index in [1.165, 1.54) is 16.4 Å². The smallest absolute Gasteiger partial charge is 0.255 e. The minimum Gasteiger partial charge on any atom is -0.396 e. The minimum absolute atomic E-state index is 0.0334. The molecule has 1 aliphatic rings. The number of hydrogen-bond acceptors (Lipinski definition) is 4. The number of nitrogens with one attached hydrogen (secondary N) is 1. The van der Waals surface area contributed by atoms with E-state index in [9.17, 15) is 18.3 Å². The fourth-order valence-electron chi connectivity index (χ4n) is 4.46. The standard InChI is InChI=1S/C25H34N2O4S/c1-4-24(2)13-15-27(16-14-25(3,18-24)19-28)32(30,31)22-12-8-9-20(17-22)23(29)26-21-10-6-5-7-11-21/h5-12,17,28H,4,13-16,18-19H2,1-3H3,(H,26,29). The second-order valence-electron chi connectivity index (χ2n) is 9.56. The first-order valence-corrected chi connectivity index (χ1v) is 12.6.